The third kappa shape index (κ3) is 4.75. The first-order chi connectivity index (χ1) is 11.2. The molecule has 0 atom stereocenters. The van der Waals surface area contributed by atoms with Crippen LogP contribution in [0.4, 0.5) is 5.13 Å². The molecule has 1 heterocycles. The molecule has 1 aromatic carbocycles. The highest BCUT2D eigenvalue weighted by atomic mass is 32.1. The third-order valence-corrected chi connectivity index (χ3v) is 4.17. The Labute approximate surface area is 137 Å². The molecular weight excluding hydrogens is 316 g/mol. The number of anilines is 1. The minimum atomic E-state index is -0.361. The van der Waals surface area contributed by atoms with Crippen LogP contribution in [0.1, 0.15) is 23.8 Å². The monoisotopic (exact) mass is 332 g/mol. The Hall–Kier alpha value is -2.48. The average Bonchev–Trinajstić information content (AvgIpc) is 3.32. The zero-order valence-electron chi connectivity index (χ0n) is 12.3. The Morgan fingerprint density at radius 3 is 2.70 bits per heavy atom. The van der Waals surface area contributed by atoms with E-state index in [1.165, 1.54) is 11.3 Å². The summed E-state index contributed by atoms with van der Waals surface area (Å²) in [6.07, 6.45) is 2.28. The van der Waals surface area contributed by atoms with Gasteiger partial charge in [0.15, 0.2) is 6.61 Å². The highest BCUT2D eigenvalue weighted by molar-refractivity contribution is 7.15. The Bertz CT molecular complexity index is 685. The van der Waals surface area contributed by atoms with E-state index in [0.717, 1.165) is 17.8 Å². The fourth-order valence-electron chi connectivity index (χ4n) is 1.84. The summed E-state index contributed by atoms with van der Waals surface area (Å²) in [4.78, 5) is 23.4. The number of hydrogen-bond acceptors (Lipinski definition) is 6. The molecule has 0 unspecified atom stereocenters. The van der Waals surface area contributed by atoms with Crippen molar-refractivity contribution in [3.8, 4) is 5.75 Å². The second-order valence-corrected chi connectivity index (χ2v) is 6.16. The molecule has 0 aliphatic heterocycles. The molecule has 23 heavy (non-hydrogen) atoms. The number of ether oxygens (including phenoxy) is 1. The first-order valence-corrected chi connectivity index (χ1v) is 8.10. The minimum absolute atomic E-state index is 0.130. The molecule has 1 saturated carbocycles. The number of nitrogens with one attached hydrogen (secondary N) is 2. The third-order valence-electron chi connectivity index (χ3n) is 3.17. The fraction of sp³-hybridized carbons (Fsp3) is 0.333. The van der Waals surface area contributed by atoms with Gasteiger partial charge >= 0.3 is 0 Å². The first kappa shape index (κ1) is 15.4. The molecule has 0 saturated heterocycles. The molecule has 1 aliphatic carbocycles. The smallest absolute Gasteiger partial charge is 0.258 e. The Balaban J connectivity index is 1.37. The van der Waals surface area contributed by atoms with Crippen LogP contribution < -0.4 is 15.4 Å². The van der Waals surface area contributed by atoms with Crippen LogP contribution in [0, 0.1) is 0 Å². The maximum absolute atomic E-state index is 11.8. The van der Waals surface area contributed by atoms with Crippen molar-refractivity contribution in [3.05, 3.63) is 35.3 Å². The van der Waals surface area contributed by atoms with E-state index in [0.29, 0.717) is 16.8 Å². The quantitative estimate of drug-likeness (QED) is 0.802. The molecule has 2 N–H and O–H groups in total. The lowest BCUT2D eigenvalue weighted by Gasteiger charge is -2.06. The van der Waals surface area contributed by atoms with Gasteiger partial charge in [-0.2, -0.15) is 0 Å². The summed E-state index contributed by atoms with van der Waals surface area (Å²) >= 11 is 1.38. The van der Waals surface area contributed by atoms with Crippen LogP contribution >= 0.6 is 11.3 Å². The molecule has 2 amide bonds. The van der Waals surface area contributed by atoms with Crippen LogP contribution in [0.2, 0.25) is 0 Å². The second kappa shape index (κ2) is 7.19. The number of carbonyl (C=O) groups excluding carboxylic acids is 2. The van der Waals surface area contributed by atoms with Gasteiger partial charge in [-0.05, 0) is 25.0 Å². The second-order valence-electron chi connectivity index (χ2n) is 5.15. The van der Waals surface area contributed by atoms with E-state index in [1.54, 1.807) is 12.1 Å². The van der Waals surface area contributed by atoms with E-state index in [-0.39, 0.29) is 25.0 Å². The van der Waals surface area contributed by atoms with E-state index in [9.17, 15) is 9.59 Å². The van der Waals surface area contributed by atoms with Gasteiger partial charge in [0.2, 0.25) is 11.0 Å². The molecule has 0 radical (unpaired) electrons. The lowest BCUT2D eigenvalue weighted by molar-refractivity contribution is -0.125. The highest BCUT2D eigenvalue weighted by Crippen LogP contribution is 2.41. The van der Waals surface area contributed by atoms with Crippen molar-refractivity contribution in [3.63, 3.8) is 0 Å². The predicted molar refractivity (Wildman–Crippen MR) is 85.5 cm³/mol. The Kier molecular flexibility index (Phi) is 4.82. The Morgan fingerprint density at radius 2 is 1.96 bits per heavy atom. The molecular formula is C15H16N4O3S. The number of nitrogens with zero attached hydrogens (tertiary/aromatic N) is 2. The van der Waals surface area contributed by atoms with E-state index < -0.39 is 0 Å². The minimum Gasteiger partial charge on any atom is -0.484 e. The molecule has 1 fully saturated rings. The van der Waals surface area contributed by atoms with Gasteiger partial charge in [0.25, 0.3) is 5.91 Å². The summed E-state index contributed by atoms with van der Waals surface area (Å²) < 4.78 is 5.29. The highest BCUT2D eigenvalue weighted by Gasteiger charge is 2.27. The lowest BCUT2D eigenvalue weighted by atomic mass is 10.3. The van der Waals surface area contributed by atoms with Crippen LogP contribution in [0.3, 0.4) is 0 Å². The first-order valence-electron chi connectivity index (χ1n) is 7.28. The van der Waals surface area contributed by atoms with Gasteiger partial charge in [-0.25, -0.2) is 0 Å². The van der Waals surface area contributed by atoms with Gasteiger partial charge in [0.05, 0.1) is 6.54 Å². The van der Waals surface area contributed by atoms with Crippen molar-refractivity contribution in [2.24, 2.45) is 0 Å². The van der Waals surface area contributed by atoms with Crippen LogP contribution in [0.15, 0.2) is 30.3 Å². The van der Waals surface area contributed by atoms with E-state index in [1.807, 2.05) is 18.2 Å². The summed E-state index contributed by atoms with van der Waals surface area (Å²) in [5, 5.41) is 14.5. The van der Waals surface area contributed by atoms with Crippen molar-refractivity contribution in [1.29, 1.82) is 0 Å². The zero-order valence-corrected chi connectivity index (χ0v) is 13.1. The maximum Gasteiger partial charge on any atom is 0.258 e. The Morgan fingerprint density at radius 1 is 1.17 bits per heavy atom. The number of para-hydroxylation sites is 1. The summed E-state index contributed by atoms with van der Waals surface area (Å²) in [6, 6.07) is 9.01. The molecule has 7 nitrogen and oxygen atoms in total. The van der Waals surface area contributed by atoms with Crippen molar-refractivity contribution in [1.82, 2.24) is 15.5 Å². The normalized spacial score (nSPS) is 13.4. The standard InChI is InChI=1S/C15H16N4O3S/c20-12(17-15-19-18-14(23-15)10-6-7-10)8-16-13(21)9-22-11-4-2-1-3-5-11/h1-5,10H,6-9H2,(H,16,21)(H,17,19,20). The van der Waals surface area contributed by atoms with Gasteiger partial charge in [-0.15, -0.1) is 10.2 Å². The van der Waals surface area contributed by atoms with Crippen molar-refractivity contribution >= 4 is 28.3 Å². The lowest BCUT2D eigenvalue weighted by Crippen LogP contribution is -2.35. The van der Waals surface area contributed by atoms with Crippen LogP contribution in [0.25, 0.3) is 0 Å². The number of carbonyl (C=O) groups is 2. The van der Waals surface area contributed by atoms with Crippen LogP contribution in [-0.4, -0.2) is 35.2 Å². The number of benzene rings is 1. The molecule has 8 heteroatoms. The van der Waals surface area contributed by atoms with Crippen molar-refractivity contribution in [2.45, 2.75) is 18.8 Å². The number of aromatic nitrogens is 2. The van der Waals surface area contributed by atoms with E-state index in [4.69, 9.17) is 4.74 Å². The molecule has 1 aliphatic rings. The fourth-order valence-corrected chi connectivity index (χ4v) is 2.77. The molecule has 120 valence electrons. The van der Waals surface area contributed by atoms with Gasteiger partial charge in [0, 0.05) is 5.92 Å². The maximum atomic E-state index is 11.8. The van der Waals surface area contributed by atoms with Crippen LogP contribution in [0.5, 0.6) is 5.75 Å². The van der Waals surface area contributed by atoms with Gasteiger partial charge < -0.3 is 10.1 Å². The van der Waals surface area contributed by atoms with Gasteiger partial charge in [-0.1, -0.05) is 29.5 Å². The van der Waals surface area contributed by atoms with Gasteiger partial charge in [-0.3, -0.25) is 14.9 Å². The SMILES string of the molecule is O=C(COc1ccccc1)NCC(=O)Nc1nnc(C2CC2)s1. The van der Waals surface area contributed by atoms with E-state index >= 15 is 0 Å². The molecule has 0 spiro atoms. The molecule has 2 aromatic rings. The molecule has 3 rings (SSSR count). The van der Waals surface area contributed by atoms with Crippen LogP contribution in [-0.2, 0) is 9.59 Å². The predicted octanol–water partition coefficient (Wildman–Crippen LogP) is 1.55. The number of hydrogen-bond donors (Lipinski definition) is 2. The van der Waals surface area contributed by atoms with Crippen molar-refractivity contribution in [2.75, 3.05) is 18.5 Å². The summed E-state index contributed by atoms with van der Waals surface area (Å²) in [5.41, 5.74) is 0. The summed E-state index contributed by atoms with van der Waals surface area (Å²) in [7, 11) is 0. The zero-order chi connectivity index (χ0) is 16.1. The average molecular weight is 332 g/mol. The van der Waals surface area contributed by atoms with Gasteiger partial charge in [0.1, 0.15) is 10.8 Å². The topological polar surface area (TPSA) is 93.2 Å². The molecule has 1 aromatic heterocycles. The van der Waals surface area contributed by atoms with E-state index in [2.05, 4.69) is 20.8 Å². The van der Waals surface area contributed by atoms with Crippen molar-refractivity contribution < 1.29 is 14.3 Å². The summed E-state index contributed by atoms with van der Waals surface area (Å²) in [5.74, 6) is 0.415. The largest absolute Gasteiger partial charge is 0.484 e. The number of rotatable bonds is 7. The molecule has 0 bridgehead atoms. The summed E-state index contributed by atoms with van der Waals surface area (Å²) in [6.45, 7) is -0.267. The number of amides is 2.